The summed E-state index contributed by atoms with van der Waals surface area (Å²) in [5.41, 5.74) is 0. The second-order valence-corrected chi connectivity index (χ2v) is 4.32. The Bertz CT molecular complexity index is 223. The highest BCUT2D eigenvalue weighted by atomic mass is 16.4. The van der Waals surface area contributed by atoms with Crippen LogP contribution in [-0.2, 0) is 9.59 Å². The Labute approximate surface area is 82.9 Å². The van der Waals surface area contributed by atoms with E-state index in [-0.39, 0.29) is 0 Å². The molecule has 1 aliphatic carbocycles. The molecule has 0 aliphatic heterocycles. The molecule has 14 heavy (non-hydrogen) atoms. The zero-order valence-corrected chi connectivity index (χ0v) is 8.43. The monoisotopic (exact) mass is 200 g/mol. The van der Waals surface area contributed by atoms with Gasteiger partial charge < -0.3 is 10.2 Å². The Morgan fingerprint density at radius 2 is 1.21 bits per heavy atom. The van der Waals surface area contributed by atoms with Crippen LogP contribution in [0.3, 0.4) is 0 Å². The maximum Gasteiger partial charge on any atom is 0.307 e. The molecule has 0 amide bonds. The molecule has 0 aromatic heterocycles. The summed E-state index contributed by atoms with van der Waals surface area (Å²) in [6.45, 7) is 3.97. The predicted octanol–water partition coefficient (Wildman–Crippen LogP) is 1.45. The molecule has 0 unspecified atom stereocenters. The van der Waals surface area contributed by atoms with Crippen LogP contribution in [0, 0.1) is 23.7 Å². The third-order valence-corrected chi connectivity index (χ3v) is 3.34. The van der Waals surface area contributed by atoms with E-state index in [1.54, 1.807) is 0 Å². The molecule has 2 N–H and O–H groups in total. The molecule has 4 nitrogen and oxygen atoms in total. The number of carboxylic acids is 2. The third-order valence-electron chi connectivity index (χ3n) is 3.34. The first-order valence-corrected chi connectivity index (χ1v) is 4.89. The molecule has 0 saturated heterocycles. The van der Waals surface area contributed by atoms with Crippen molar-refractivity contribution < 1.29 is 19.8 Å². The van der Waals surface area contributed by atoms with Gasteiger partial charge in [0.2, 0.25) is 0 Å². The Morgan fingerprint density at radius 3 is 1.43 bits per heavy atom. The Hall–Kier alpha value is -1.06. The first kappa shape index (κ1) is 11.0. The molecule has 1 fully saturated rings. The summed E-state index contributed by atoms with van der Waals surface area (Å²) in [5, 5.41) is 17.8. The molecule has 1 saturated carbocycles. The second-order valence-electron chi connectivity index (χ2n) is 4.32. The summed E-state index contributed by atoms with van der Waals surface area (Å²) in [6.07, 6.45) is 0.959. The van der Waals surface area contributed by atoms with Crippen molar-refractivity contribution in [1.82, 2.24) is 0 Å². The van der Waals surface area contributed by atoms with E-state index in [9.17, 15) is 9.59 Å². The number of carbonyl (C=O) groups is 2. The van der Waals surface area contributed by atoms with Gasteiger partial charge in [-0.2, -0.15) is 0 Å². The number of carboxylic acid groups (broad SMARTS) is 2. The van der Waals surface area contributed by atoms with Crippen LogP contribution in [0.5, 0.6) is 0 Å². The Morgan fingerprint density at radius 1 is 0.929 bits per heavy atom. The fourth-order valence-electron chi connectivity index (χ4n) is 2.14. The largest absolute Gasteiger partial charge is 0.481 e. The lowest BCUT2D eigenvalue weighted by Crippen LogP contribution is -2.38. The predicted molar refractivity (Wildman–Crippen MR) is 49.8 cm³/mol. The van der Waals surface area contributed by atoms with Gasteiger partial charge in [-0.15, -0.1) is 0 Å². The van der Waals surface area contributed by atoms with Crippen LogP contribution in [-0.4, -0.2) is 22.2 Å². The van der Waals surface area contributed by atoms with Crippen LogP contribution in [0.1, 0.15) is 26.7 Å². The molecule has 0 spiro atoms. The van der Waals surface area contributed by atoms with Crippen molar-refractivity contribution in [2.24, 2.45) is 23.7 Å². The van der Waals surface area contributed by atoms with Gasteiger partial charge in [0.1, 0.15) is 0 Å². The summed E-state index contributed by atoms with van der Waals surface area (Å²) in [6, 6.07) is 0. The Kier molecular flexibility index (Phi) is 3.13. The standard InChI is InChI=1S/C10H16O4/c1-5-3-7(9(11)12)8(10(13)14)4-6(5)2/h5-8H,3-4H2,1-2H3,(H,11,12)(H,13,14)/t5-,6-,7-,8-/m1/s1. The van der Waals surface area contributed by atoms with Gasteiger partial charge in [0, 0.05) is 0 Å². The van der Waals surface area contributed by atoms with Crippen LogP contribution in [0.15, 0.2) is 0 Å². The molecular weight excluding hydrogens is 184 g/mol. The minimum Gasteiger partial charge on any atom is -0.481 e. The molecule has 4 heteroatoms. The van der Waals surface area contributed by atoms with Crippen LogP contribution < -0.4 is 0 Å². The van der Waals surface area contributed by atoms with E-state index in [4.69, 9.17) is 10.2 Å². The van der Waals surface area contributed by atoms with Crippen LogP contribution in [0.4, 0.5) is 0 Å². The van der Waals surface area contributed by atoms with Crippen molar-refractivity contribution in [2.75, 3.05) is 0 Å². The van der Waals surface area contributed by atoms with Gasteiger partial charge in [0.15, 0.2) is 0 Å². The Balaban J connectivity index is 2.80. The topological polar surface area (TPSA) is 74.6 Å². The average molecular weight is 200 g/mol. The number of aliphatic carboxylic acids is 2. The summed E-state index contributed by atoms with van der Waals surface area (Å²) in [4.78, 5) is 21.7. The molecule has 0 aromatic rings. The number of hydrogen-bond acceptors (Lipinski definition) is 2. The van der Waals surface area contributed by atoms with E-state index in [1.807, 2.05) is 13.8 Å². The lowest BCUT2D eigenvalue weighted by atomic mass is 9.69. The van der Waals surface area contributed by atoms with E-state index < -0.39 is 23.8 Å². The average Bonchev–Trinajstić information content (AvgIpc) is 2.08. The maximum atomic E-state index is 10.9. The smallest absolute Gasteiger partial charge is 0.307 e. The first-order valence-electron chi connectivity index (χ1n) is 4.89. The fraction of sp³-hybridized carbons (Fsp3) is 0.800. The van der Waals surface area contributed by atoms with E-state index in [1.165, 1.54) is 0 Å². The van der Waals surface area contributed by atoms with Crippen LogP contribution in [0.2, 0.25) is 0 Å². The molecular formula is C10H16O4. The molecule has 0 bridgehead atoms. The molecule has 0 aromatic carbocycles. The van der Waals surface area contributed by atoms with Crippen LogP contribution in [0.25, 0.3) is 0 Å². The normalized spacial score (nSPS) is 37.9. The summed E-state index contributed by atoms with van der Waals surface area (Å²) in [7, 11) is 0. The van der Waals surface area contributed by atoms with Crippen molar-refractivity contribution in [3.05, 3.63) is 0 Å². The van der Waals surface area contributed by atoms with Gasteiger partial charge in [-0.05, 0) is 24.7 Å². The first-order chi connectivity index (χ1) is 6.43. The summed E-state index contributed by atoms with van der Waals surface area (Å²) >= 11 is 0. The minimum absolute atomic E-state index is 0.298. The molecule has 1 aliphatic rings. The summed E-state index contributed by atoms with van der Waals surface area (Å²) in [5.74, 6) is -2.77. The van der Waals surface area contributed by atoms with E-state index in [0.717, 1.165) is 0 Å². The maximum absolute atomic E-state index is 10.9. The van der Waals surface area contributed by atoms with E-state index >= 15 is 0 Å². The van der Waals surface area contributed by atoms with Crippen molar-refractivity contribution in [3.63, 3.8) is 0 Å². The van der Waals surface area contributed by atoms with Gasteiger partial charge in [0.05, 0.1) is 11.8 Å². The van der Waals surface area contributed by atoms with Crippen molar-refractivity contribution in [1.29, 1.82) is 0 Å². The zero-order valence-electron chi connectivity index (χ0n) is 8.43. The van der Waals surface area contributed by atoms with Crippen LogP contribution >= 0.6 is 0 Å². The molecule has 1 rings (SSSR count). The van der Waals surface area contributed by atoms with Gasteiger partial charge in [-0.3, -0.25) is 9.59 Å². The molecule has 4 atom stereocenters. The number of hydrogen-bond donors (Lipinski definition) is 2. The number of rotatable bonds is 2. The molecule has 0 heterocycles. The van der Waals surface area contributed by atoms with E-state index in [0.29, 0.717) is 24.7 Å². The minimum atomic E-state index is -0.976. The van der Waals surface area contributed by atoms with Gasteiger partial charge in [-0.1, -0.05) is 13.8 Å². The lowest BCUT2D eigenvalue weighted by Gasteiger charge is -2.34. The highest BCUT2D eigenvalue weighted by Gasteiger charge is 2.40. The zero-order chi connectivity index (χ0) is 10.9. The SMILES string of the molecule is C[C@@H]1C[C@@H](C(=O)O)[C@H](C(=O)O)C[C@H]1C. The highest BCUT2D eigenvalue weighted by Crippen LogP contribution is 2.37. The lowest BCUT2D eigenvalue weighted by molar-refractivity contribution is -0.157. The summed E-state index contributed by atoms with van der Waals surface area (Å²) < 4.78 is 0. The van der Waals surface area contributed by atoms with Crippen molar-refractivity contribution >= 4 is 11.9 Å². The van der Waals surface area contributed by atoms with Gasteiger partial charge in [-0.25, -0.2) is 0 Å². The highest BCUT2D eigenvalue weighted by molar-refractivity contribution is 5.80. The van der Waals surface area contributed by atoms with Crippen molar-refractivity contribution in [2.45, 2.75) is 26.7 Å². The fourth-order valence-corrected chi connectivity index (χ4v) is 2.14. The van der Waals surface area contributed by atoms with Crippen molar-refractivity contribution in [3.8, 4) is 0 Å². The molecule has 0 radical (unpaired) electrons. The van der Waals surface area contributed by atoms with E-state index in [2.05, 4.69) is 0 Å². The third kappa shape index (κ3) is 2.05. The van der Waals surface area contributed by atoms with Gasteiger partial charge in [0.25, 0.3) is 0 Å². The second kappa shape index (κ2) is 3.98. The quantitative estimate of drug-likeness (QED) is 0.707. The van der Waals surface area contributed by atoms with Gasteiger partial charge >= 0.3 is 11.9 Å². The molecule has 80 valence electrons.